The number of para-hydroxylation sites is 1. The Morgan fingerprint density at radius 1 is 1.17 bits per heavy atom. The van der Waals surface area contributed by atoms with Crippen LogP contribution >= 0.6 is 0 Å². The Labute approximate surface area is 136 Å². The van der Waals surface area contributed by atoms with E-state index in [4.69, 9.17) is 9.84 Å². The third-order valence-corrected chi connectivity index (χ3v) is 3.65. The van der Waals surface area contributed by atoms with Gasteiger partial charge in [-0.05, 0) is 18.2 Å². The number of carboxylic acid groups (broad SMARTS) is 1. The van der Waals surface area contributed by atoms with Gasteiger partial charge in [0.25, 0.3) is 11.5 Å². The number of morpholine rings is 1. The van der Waals surface area contributed by atoms with Gasteiger partial charge in [0.1, 0.15) is 5.69 Å². The van der Waals surface area contributed by atoms with E-state index in [0.717, 1.165) is 4.68 Å². The molecule has 2 aromatic rings. The van der Waals surface area contributed by atoms with Crippen molar-refractivity contribution in [3.8, 4) is 5.69 Å². The first-order valence-corrected chi connectivity index (χ1v) is 7.36. The van der Waals surface area contributed by atoms with E-state index in [1.807, 2.05) is 6.07 Å². The number of ether oxygens (including phenoxy) is 1. The molecule has 0 saturated carbocycles. The number of carboxylic acids is 1. The molecule has 3 rings (SSSR count). The molecule has 1 aromatic carbocycles. The molecule has 1 aliphatic rings. The van der Waals surface area contributed by atoms with Gasteiger partial charge < -0.3 is 14.7 Å². The van der Waals surface area contributed by atoms with Crippen molar-refractivity contribution in [3.63, 3.8) is 0 Å². The van der Waals surface area contributed by atoms with Crippen molar-refractivity contribution >= 4 is 11.9 Å². The van der Waals surface area contributed by atoms with Crippen LogP contribution in [0.2, 0.25) is 0 Å². The average molecular weight is 329 g/mol. The topological polar surface area (TPSA) is 102 Å². The minimum atomic E-state index is -1.12. The summed E-state index contributed by atoms with van der Waals surface area (Å²) in [5.41, 5.74) is 0.259. The Kier molecular flexibility index (Phi) is 4.39. The van der Waals surface area contributed by atoms with E-state index >= 15 is 0 Å². The molecule has 1 atom stereocenters. The zero-order valence-electron chi connectivity index (χ0n) is 12.7. The standard InChI is InChI=1S/C16H15N3O5/c20-14-7-6-12(17-19(14)11-4-2-1-3-5-11)15(21)18-8-9-24-13(10-18)16(22)23/h1-7,13H,8-10H2,(H,22,23). The van der Waals surface area contributed by atoms with Gasteiger partial charge in [0, 0.05) is 12.6 Å². The van der Waals surface area contributed by atoms with Crippen LogP contribution in [0, 0.1) is 0 Å². The number of hydrogen-bond donors (Lipinski definition) is 1. The van der Waals surface area contributed by atoms with Crippen LogP contribution in [0.5, 0.6) is 0 Å². The van der Waals surface area contributed by atoms with Crippen LogP contribution in [0.1, 0.15) is 10.5 Å². The molecule has 1 saturated heterocycles. The number of aromatic nitrogens is 2. The molecular weight excluding hydrogens is 314 g/mol. The number of carbonyl (C=O) groups excluding carboxylic acids is 1. The average Bonchev–Trinajstić information content (AvgIpc) is 2.62. The summed E-state index contributed by atoms with van der Waals surface area (Å²) >= 11 is 0. The van der Waals surface area contributed by atoms with Crippen molar-refractivity contribution in [2.75, 3.05) is 19.7 Å². The van der Waals surface area contributed by atoms with E-state index < -0.39 is 18.0 Å². The van der Waals surface area contributed by atoms with E-state index in [2.05, 4.69) is 5.10 Å². The Hall–Kier alpha value is -3.00. The van der Waals surface area contributed by atoms with Gasteiger partial charge in [-0.2, -0.15) is 9.78 Å². The van der Waals surface area contributed by atoms with E-state index in [1.165, 1.54) is 17.0 Å². The van der Waals surface area contributed by atoms with Gasteiger partial charge in [0.15, 0.2) is 6.10 Å². The van der Waals surface area contributed by atoms with Crippen molar-refractivity contribution < 1.29 is 19.4 Å². The maximum Gasteiger partial charge on any atom is 0.334 e. The van der Waals surface area contributed by atoms with Gasteiger partial charge in [0.2, 0.25) is 0 Å². The fourth-order valence-electron chi connectivity index (χ4n) is 2.42. The lowest BCUT2D eigenvalue weighted by molar-refractivity contribution is -0.154. The van der Waals surface area contributed by atoms with Crippen LogP contribution < -0.4 is 5.56 Å². The zero-order chi connectivity index (χ0) is 17.1. The van der Waals surface area contributed by atoms with Gasteiger partial charge in [-0.1, -0.05) is 18.2 Å². The fraction of sp³-hybridized carbons (Fsp3) is 0.250. The first-order chi connectivity index (χ1) is 11.6. The molecule has 1 amide bonds. The van der Waals surface area contributed by atoms with Crippen LogP contribution in [-0.2, 0) is 9.53 Å². The van der Waals surface area contributed by atoms with E-state index in [-0.39, 0.29) is 30.9 Å². The molecule has 0 bridgehead atoms. The monoisotopic (exact) mass is 329 g/mol. The molecule has 2 heterocycles. The SMILES string of the molecule is O=C(O)C1CN(C(=O)c2ccc(=O)n(-c3ccccc3)n2)CCO1. The highest BCUT2D eigenvalue weighted by Gasteiger charge is 2.30. The first-order valence-electron chi connectivity index (χ1n) is 7.36. The number of aliphatic carboxylic acids is 1. The predicted molar refractivity (Wildman–Crippen MR) is 83.1 cm³/mol. The molecule has 124 valence electrons. The number of amides is 1. The third kappa shape index (κ3) is 3.18. The van der Waals surface area contributed by atoms with Gasteiger partial charge in [-0.15, -0.1) is 0 Å². The predicted octanol–water partition coefficient (Wildman–Crippen LogP) is 0.158. The molecule has 0 spiro atoms. The van der Waals surface area contributed by atoms with Crippen molar-refractivity contribution in [1.82, 2.24) is 14.7 Å². The number of rotatable bonds is 3. The van der Waals surface area contributed by atoms with E-state index in [0.29, 0.717) is 5.69 Å². The summed E-state index contributed by atoms with van der Waals surface area (Å²) in [5, 5.41) is 13.1. The second kappa shape index (κ2) is 6.63. The molecule has 1 aromatic heterocycles. The fourth-order valence-corrected chi connectivity index (χ4v) is 2.42. The summed E-state index contributed by atoms with van der Waals surface area (Å²) in [7, 11) is 0. The zero-order valence-corrected chi connectivity index (χ0v) is 12.7. The van der Waals surface area contributed by atoms with Crippen LogP contribution in [0.25, 0.3) is 5.69 Å². The molecule has 0 aliphatic carbocycles. The summed E-state index contributed by atoms with van der Waals surface area (Å²) in [4.78, 5) is 36.9. The normalized spacial score (nSPS) is 17.5. The molecule has 8 heteroatoms. The second-order valence-corrected chi connectivity index (χ2v) is 5.25. The highest BCUT2D eigenvalue weighted by Crippen LogP contribution is 2.10. The maximum atomic E-state index is 12.6. The lowest BCUT2D eigenvalue weighted by Crippen LogP contribution is -2.49. The van der Waals surface area contributed by atoms with E-state index in [1.54, 1.807) is 24.3 Å². The lowest BCUT2D eigenvalue weighted by atomic mass is 10.2. The molecule has 1 N–H and O–H groups in total. The quantitative estimate of drug-likeness (QED) is 0.860. The Balaban J connectivity index is 1.88. The molecule has 1 aliphatic heterocycles. The Morgan fingerprint density at radius 3 is 2.62 bits per heavy atom. The minimum Gasteiger partial charge on any atom is -0.479 e. The molecule has 1 fully saturated rings. The highest BCUT2D eigenvalue weighted by atomic mass is 16.5. The van der Waals surface area contributed by atoms with E-state index in [9.17, 15) is 14.4 Å². The number of carbonyl (C=O) groups is 2. The van der Waals surface area contributed by atoms with Crippen LogP contribution in [0.4, 0.5) is 0 Å². The number of benzene rings is 1. The second-order valence-electron chi connectivity index (χ2n) is 5.25. The Bertz CT molecular complexity index is 818. The molecule has 0 radical (unpaired) electrons. The van der Waals surface area contributed by atoms with Crippen molar-refractivity contribution in [2.24, 2.45) is 0 Å². The molecule has 8 nitrogen and oxygen atoms in total. The van der Waals surface area contributed by atoms with Crippen LogP contribution in [0.15, 0.2) is 47.3 Å². The maximum absolute atomic E-state index is 12.6. The third-order valence-electron chi connectivity index (χ3n) is 3.65. The van der Waals surface area contributed by atoms with Gasteiger partial charge >= 0.3 is 5.97 Å². The lowest BCUT2D eigenvalue weighted by Gasteiger charge is -2.30. The number of hydrogen-bond acceptors (Lipinski definition) is 5. The smallest absolute Gasteiger partial charge is 0.334 e. The van der Waals surface area contributed by atoms with Gasteiger partial charge in [-0.25, -0.2) is 4.79 Å². The first kappa shape index (κ1) is 15.9. The van der Waals surface area contributed by atoms with Crippen molar-refractivity contribution in [1.29, 1.82) is 0 Å². The van der Waals surface area contributed by atoms with Crippen molar-refractivity contribution in [2.45, 2.75) is 6.10 Å². The summed E-state index contributed by atoms with van der Waals surface area (Å²) in [6.07, 6.45) is -1.05. The Morgan fingerprint density at radius 2 is 1.92 bits per heavy atom. The summed E-state index contributed by atoms with van der Waals surface area (Å²) in [6.45, 7) is 0.357. The largest absolute Gasteiger partial charge is 0.479 e. The summed E-state index contributed by atoms with van der Waals surface area (Å²) < 4.78 is 6.24. The molecular formula is C16H15N3O5. The van der Waals surface area contributed by atoms with Gasteiger partial charge in [-0.3, -0.25) is 9.59 Å². The van der Waals surface area contributed by atoms with Crippen LogP contribution in [0.3, 0.4) is 0 Å². The molecule has 24 heavy (non-hydrogen) atoms. The summed E-state index contributed by atoms with van der Waals surface area (Å²) in [6, 6.07) is 11.4. The number of nitrogens with zero attached hydrogens (tertiary/aromatic N) is 3. The molecule has 1 unspecified atom stereocenters. The minimum absolute atomic E-state index is 0.0552. The summed E-state index contributed by atoms with van der Waals surface area (Å²) in [5.74, 6) is -1.55. The highest BCUT2D eigenvalue weighted by molar-refractivity contribution is 5.92. The van der Waals surface area contributed by atoms with Gasteiger partial charge in [0.05, 0.1) is 18.8 Å². The van der Waals surface area contributed by atoms with Crippen molar-refractivity contribution in [3.05, 3.63) is 58.5 Å². The van der Waals surface area contributed by atoms with Crippen LogP contribution in [-0.4, -0.2) is 57.5 Å².